The van der Waals surface area contributed by atoms with Crippen molar-refractivity contribution in [2.45, 2.75) is 6.42 Å². The number of rotatable bonds is 7. The van der Waals surface area contributed by atoms with E-state index in [0.29, 0.717) is 21.3 Å². The summed E-state index contributed by atoms with van der Waals surface area (Å²) >= 11 is 3.27. The first-order chi connectivity index (χ1) is 13.0. The molecule has 0 aliphatic carbocycles. The lowest BCUT2D eigenvalue weighted by Crippen LogP contribution is -2.35. The zero-order chi connectivity index (χ0) is 19.4. The van der Waals surface area contributed by atoms with Crippen LogP contribution in [0.25, 0.3) is 0 Å². The van der Waals surface area contributed by atoms with Gasteiger partial charge in [0.05, 0.1) is 17.7 Å². The number of ether oxygens (including phenoxy) is 1. The summed E-state index contributed by atoms with van der Waals surface area (Å²) in [6.45, 7) is 0.484. The molecular weight excluding hydrogens is 419 g/mol. The van der Waals surface area contributed by atoms with Gasteiger partial charge >= 0.3 is 0 Å². The highest BCUT2D eigenvalue weighted by molar-refractivity contribution is 9.10. The fraction of sp³-hybridized carbons (Fsp3) is 0.211. The second kappa shape index (κ2) is 8.30. The number of amides is 3. The van der Waals surface area contributed by atoms with E-state index in [-0.39, 0.29) is 37.8 Å². The molecular formula is C19H16BrFN2O4. The molecule has 3 amide bonds. The number of imide groups is 1. The number of benzene rings is 2. The SMILES string of the molecule is O=C(CCN1C(=O)c2ccc(Br)cc2C1=O)NCCOc1ccc(F)cc1. The minimum Gasteiger partial charge on any atom is -0.492 e. The highest BCUT2D eigenvalue weighted by atomic mass is 79.9. The summed E-state index contributed by atoms with van der Waals surface area (Å²) in [7, 11) is 0. The second-order valence-corrected chi connectivity index (χ2v) is 6.77. The maximum atomic E-state index is 12.8. The predicted molar refractivity (Wildman–Crippen MR) is 99.0 cm³/mol. The Hall–Kier alpha value is -2.74. The van der Waals surface area contributed by atoms with Crippen molar-refractivity contribution in [2.24, 2.45) is 0 Å². The molecule has 1 N–H and O–H groups in total. The molecule has 6 nitrogen and oxygen atoms in total. The van der Waals surface area contributed by atoms with Gasteiger partial charge in [0.1, 0.15) is 18.2 Å². The van der Waals surface area contributed by atoms with Gasteiger partial charge < -0.3 is 10.1 Å². The zero-order valence-electron chi connectivity index (χ0n) is 14.2. The minimum atomic E-state index is -0.399. The maximum Gasteiger partial charge on any atom is 0.261 e. The van der Waals surface area contributed by atoms with Gasteiger partial charge in [0.25, 0.3) is 11.8 Å². The summed E-state index contributed by atoms with van der Waals surface area (Å²) in [6, 6.07) is 10.5. The normalized spacial score (nSPS) is 12.9. The zero-order valence-corrected chi connectivity index (χ0v) is 15.8. The van der Waals surface area contributed by atoms with E-state index in [1.165, 1.54) is 24.3 Å². The van der Waals surface area contributed by atoms with E-state index < -0.39 is 11.8 Å². The van der Waals surface area contributed by atoms with Crippen molar-refractivity contribution < 1.29 is 23.5 Å². The molecule has 0 saturated heterocycles. The molecule has 0 atom stereocenters. The lowest BCUT2D eigenvalue weighted by molar-refractivity contribution is -0.121. The number of halogens is 2. The van der Waals surface area contributed by atoms with Crippen molar-refractivity contribution in [3.05, 3.63) is 63.9 Å². The van der Waals surface area contributed by atoms with Crippen molar-refractivity contribution in [1.82, 2.24) is 10.2 Å². The van der Waals surface area contributed by atoms with Gasteiger partial charge in [-0.3, -0.25) is 19.3 Å². The standard InChI is InChI=1S/C19H16BrFN2O4/c20-12-1-6-15-16(11-12)19(26)23(18(15)25)9-7-17(24)22-8-10-27-14-4-2-13(21)3-5-14/h1-6,11H,7-10H2,(H,22,24). The molecule has 140 valence electrons. The smallest absolute Gasteiger partial charge is 0.261 e. The van der Waals surface area contributed by atoms with Crippen molar-refractivity contribution in [3.63, 3.8) is 0 Å². The average Bonchev–Trinajstić information content (AvgIpc) is 2.88. The molecule has 2 aromatic carbocycles. The first-order valence-corrected chi connectivity index (χ1v) is 9.06. The highest BCUT2D eigenvalue weighted by Crippen LogP contribution is 2.26. The largest absolute Gasteiger partial charge is 0.492 e. The number of carbonyl (C=O) groups excluding carboxylic acids is 3. The van der Waals surface area contributed by atoms with Crippen molar-refractivity contribution in [3.8, 4) is 5.75 Å². The molecule has 2 aromatic rings. The van der Waals surface area contributed by atoms with Crippen molar-refractivity contribution in [2.75, 3.05) is 19.7 Å². The first-order valence-electron chi connectivity index (χ1n) is 8.26. The molecule has 0 radical (unpaired) electrons. The van der Waals surface area contributed by atoms with Crippen LogP contribution in [0.4, 0.5) is 4.39 Å². The molecule has 0 bridgehead atoms. The Morgan fingerprint density at radius 2 is 1.78 bits per heavy atom. The summed E-state index contributed by atoms with van der Waals surface area (Å²) in [6.07, 6.45) is 0.00316. The molecule has 0 spiro atoms. The molecule has 27 heavy (non-hydrogen) atoms. The molecule has 0 fully saturated rings. The van der Waals surface area contributed by atoms with Gasteiger partial charge in [0, 0.05) is 17.4 Å². The Kier molecular flexibility index (Phi) is 5.85. The third-order valence-corrected chi connectivity index (χ3v) is 4.50. The fourth-order valence-corrected chi connectivity index (χ4v) is 3.02. The van der Waals surface area contributed by atoms with E-state index in [4.69, 9.17) is 4.74 Å². The Balaban J connectivity index is 1.42. The van der Waals surface area contributed by atoms with Crippen LogP contribution in [0.15, 0.2) is 46.9 Å². The summed E-state index contributed by atoms with van der Waals surface area (Å²) < 4.78 is 18.9. The molecule has 3 rings (SSSR count). The molecule has 1 aliphatic rings. The van der Waals surface area contributed by atoms with E-state index >= 15 is 0 Å². The number of hydrogen-bond donors (Lipinski definition) is 1. The predicted octanol–water partition coefficient (Wildman–Crippen LogP) is 2.77. The molecule has 0 saturated carbocycles. The van der Waals surface area contributed by atoms with Crippen LogP contribution >= 0.6 is 15.9 Å². The monoisotopic (exact) mass is 434 g/mol. The number of hydrogen-bond acceptors (Lipinski definition) is 4. The van der Waals surface area contributed by atoms with Crippen molar-refractivity contribution >= 4 is 33.7 Å². The Bertz CT molecular complexity index is 886. The lowest BCUT2D eigenvalue weighted by Gasteiger charge is -2.13. The van der Waals surface area contributed by atoms with Gasteiger partial charge in [-0.1, -0.05) is 15.9 Å². The molecule has 0 unspecified atom stereocenters. The fourth-order valence-electron chi connectivity index (χ4n) is 2.66. The number of nitrogens with one attached hydrogen (secondary N) is 1. The van der Waals surface area contributed by atoms with E-state index in [9.17, 15) is 18.8 Å². The number of nitrogens with zero attached hydrogens (tertiary/aromatic N) is 1. The third kappa shape index (κ3) is 4.51. The Morgan fingerprint density at radius 3 is 2.52 bits per heavy atom. The Labute approximate surface area is 163 Å². The van der Waals surface area contributed by atoms with Crippen LogP contribution in [0.5, 0.6) is 5.75 Å². The van der Waals surface area contributed by atoms with Crippen LogP contribution in [-0.4, -0.2) is 42.3 Å². The minimum absolute atomic E-state index is 0.00316. The van der Waals surface area contributed by atoms with Crippen LogP contribution < -0.4 is 10.1 Å². The summed E-state index contributed by atoms with van der Waals surface area (Å²) in [5.74, 6) is -0.937. The Morgan fingerprint density at radius 1 is 1.07 bits per heavy atom. The molecule has 1 aliphatic heterocycles. The highest BCUT2D eigenvalue weighted by Gasteiger charge is 2.35. The third-order valence-electron chi connectivity index (χ3n) is 4.00. The van der Waals surface area contributed by atoms with Crippen LogP contribution in [0.3, 0.4) is 0 Å². The van der Waals surface area contributed by atoms with Gasteiger partial charge in [-0.15, -0.1) is 0 Å². The van der Waals surface area contributed by atoms with Gasteiger partial charge in [-0.2, -0.15) is 0 Å². The van der Waals surface area contributed by atoms with Crippen LogP contribution in [0, 0.1) is 5.82 Å². The first kappa shape index (κ1) is 19.0. The number of carbonyl (C=O) groups is 3. The van der Waals surface area contributed by atoms with Gasteiger partial charge in [0.15, 0.2) is 0 Å². The van der Waals surface area contributed by atoms with Crippen LogP contribution in [0.1, 0.15) is 27.1 Å². The number of fused-ring (bicyclic) bond motifs is 1. The maximum absolute atomic E-state index is 12.8. The summed E-state index contributed by atoms with van der Waals surface area (Å²) in [4.78, 5) is 37.6. The molecule has 0 aromatic heterocycles. The topological polar surface area (TPSA) is 75.7 Å². The summed E-state index contributed by atoms with van der Waals surface area (Å²) in [5.41, 5.74) is 0.679. The molecule has 1 heterocycles. The van der Waals surface area contributed by atoms with Gasteiger partial charge in [-0.05, 0) is 42.5 Å². The van der Waals surface area contributed by atoms with Crippen LogP contribution in [-0.2, 0) is 4.79 Å². The van der Waals surface area contributed by atoms with E-state index in [1.807, 2.05) is 0 Å². The van der Waals surface area contributed by atoms with Crippen LogP contribution in [0.2, 0.25) is 0 Å². The second-order valence-electron chi connectivity index (χ2n) is 5.85. The van der Waals surface area contributed by atoms with E-state index in [1.54, 1.807) is 18.2 Å². The molecule has 8 heteroatoms. The van der Waals surface area contributed by atoms with Crippen molar-refractivity contribution in [1.29, 1.82) is 0 Å². The van der Waals surface area contributed by atoms with Gasteiger partial charge in [0.2, 0.25) is 5.91 Å². The lowest BCUT2D eigenvalue weighted by atomic mass is 10.1. The van der Waals surface area contributed by atoms with E-state index in [0.717, 1.165) is 4.90 Å². The quantitative estimate of drug-likeness (QED) is 0.536. The average molecular weight is 435 g/mol. The van der Waals surface area contributed by atoms with Gasteiger partial charge in [-0.25, -0.2) is 4.39 Å². The van der Waals surface area contributed by atoms with E-state index in [2.05, 4.69) is 21.2 Å². The summed E-state index contributed by atoms with van der Waals surface area (Å²) in [5, 5.41) is 2.65.